The van der Waals surface area contributed by atoms with Crippen molar-refractivity contribution in [3.05, 3.63) is 59.7 Å². The number of hydrogen-bond acceptors (Lipinski definition) is 4. The molecule has 0 saturated carbocycles. The number of anilines is 2. The van der Waals surface area contributed by atoms with Gasteiger partial charge in [0.15, 0.2) is 0 Å². The largest absolute Gasteiger partial charge is 0.383 e. The summed E-state index contributed by atoms with van der Waals surface area (Å²) in [5.74, 6) is 0.745. The Labute approximate surface area is 197 Å². The maximum atomic E-state index is 13.0. The number of ether oxygens (including phenoxy) is 1. The number of hydrogen-bond donors (Lipinski definition) is 2. The summed E-state index contributed by atoms with van der Waals surface area (Å²) in [7, 11) is 1.61. The van der Waals surface area contributed by atoms with Gasteiger partial charge in [0.1, 0.15) is 0 Å². The lowest BCUT2D eigenvalue weighted by atomic mass is 9.89. The first-order valence-electron chi connectivity index (χ1n) is 12.0. The Morgan fingerprint density at radius 2 is 1.82 bits per heavy atom. The summed E-state index contributed by atoms with van der Waals surface area (Å²) < 4.78 is 5.07. The van der Waals surface area contributed by atoms with Gasteiger partial charge in [-0.1, -0.05) is 44.2 Å². The van der Waals surface area contributed by atoms with E-state index in [1.165, 1.54) is 5.56 Å². The Bertz CT molecular complexity index is 906. The number of nitrogens with one attached hydrogen (secondary N) is 2. The Hall–Kier alpha value is -2.86. The first-order valence-corrected chi connectivity index (χ1v) is 12.0. The van der Waals surface area contributed by atoms with Crippen LogP contribution in [-0.4, -0.2) is 45.2 Å². The molecule has 1 aliphatic heterocycles. The van der Waals surface area contributed by atoms with Crippen LogP contribution in [0.25, 0.3) is 0 Å². The van der Waals surface area contributed by atoms with Crippen LogP contribution in [0.3, 0.4) is 0 Å². The van der Waals surface area contributed by atoms with Crippen LogP contribution in [0.4, 0.5) is 11.4 Å². The number of amides is 2. The summed E-state index contributed by atoms with van der Waals surface area (Å²) in [5, 5.41) is 5.87. The molecule has 0 aliphatic carbocycles. The molecule has 2 aromatic carbocycles. The molecule has 2 N–H and O–H groups in total. The standard InChI is InChI=1S/C27H37N3O3/c1-20(2)17-26(31)29-23-9-10-25(24(19-23)27(32)28-13-16-33-3)30-14-11-22(12-15-30)18-21-7-5-4-6-8-21/h4-10,19-20,22H,11-18H2,1-3H3,(H,28,32)(H,29,31). The van der Waals surface area contributed by atoms with Gasteiger partial charge in [0.2, 0.25) is 5.91 Å². The average Bonchev–Trinajstić information content (AvgIpc) is 2.80. The van der Waals surface area contributed by atoms with Crippen molar-refractivity contribution in [2.75, 3.05) is 43.6 Å². The van der Waals surface area contributed by atoms with E-state index in [4.69, 9.17) is 4.74 Å². The number of carbonyl (C=O) groups is 2. The van der Waals surface area contributed by atoms with Crippen molar-refractivity contribution in [2.45, 2.75) is 39.5 Å². The summed E-state index contributed by atoms with van der Waals surface area (Å²) in [4.78, 5) is 27.5. The molecule has 178 valence electrons. The quantitative estimate of drug-likeness (QED) is 0.522. The zero-order valence-corrected chi connectivity index (χ0v) is 20.1. The highest BCUT2D eigenvalue weighted by atomic mass is 16.5. The normalized spacial score (nSPS) is 14.4. The maximum absolute atomic E-state index is 13.0. The van der Waals surface area contributed by atoms with Crippen LogP contribution >= 0.6 is 0 Å². The topological polar surface area (TPSA) is 70.7 Å². The Balaban J connectivity index is 1.71. The molecule has 2 amide bonds. The van der Waals surface area contributed by atoms with Crippen molar-refractivity contribution in [1.82, 2.24) is 5.32 Å². The smallest absolute Gasteiger partial charge is 0.253 e. The summed E-state index contributed by atoms with van der Waals surface area (Å²) >= 11 is 0. The van der Waals surface area contributed by atoms with E-state index in [-0.39, 0.29) is 17.7 Å². The average molecular weight is 452 g/mol. The van der Waals surface area contributed by atoms with Gasteiger partial charge in [-0.3, -0.25) is 9.59 Å². The minimum absolute atomic E-state index is 0.0368. The number of rotatable bonds is 10. The summed E-state index contributed by atoms with van der Waals surface area (Å²) in [6.45, 7) is 6.75. The van der Waals surface area contributed by atoms with E-state index in [1.54, 1.807) is 13.2 Å². The molecular weight excluding hydrogens is 414 g/mol. The van der Waals surface area contributed by atoms with E-state index in [1.807, 2.05) is 26.0 Å². The van der Waals surface area contributed by atoms with E-state index in [9.17, 15) is 9.59 Å². The van der Waals surface area contributed by atoms with Gasteiger partial charge in [-0.25, -0.2) is 0 Å². The second-order valence-corrected chi connectivity index (χ2v) is 9.25. The van der Waals surface area contributed by atoms with Gasteiger partial charge in [0.25, 0.3) is 5.91 Å². The first kappa shape index (κ1) is 24.8. The molecule has 3 rings (SSSR count). The minimum atomic E-state index is -0.145. The highest BCUT2D eigenvalue weighted by Gasteiger charge is 2.24. The molecule has 0 atom stereocenters. The SMILES string of the molecule is COCCNC(=O)c1cc(NC(=O)CC(C)C)ccc1N1CCC(Cc2ccccc2)CC1. The number of nitrogens with zero attached hydrogens (tertiary/aromatic N) is 1. The van der Waals surface area contributed by atoms with Gasteiger partial charge < -0.3 is 20.3 Å². The second-order valence-electron chi connectivity index (χ2n) is 9.25. The number of methoxy groups -OCH3 is 1. The van der Waals surface area contributed by atoms with E-state index in [2.05, 4.69) is 45.9 Å². The summed E-state index contributed by atoms with van der Waals surface area (Å²) in [6, 6.07) is 16.3. The molecule has 0 bridgehead atoms. The van der Waals surface area contributed by atoms with Crippen molar-refractivity contribution in [3.63, 3.8) is 0 Å². The molecule has 0 aromatic heterocycles. The van der Waals surface area contributed by atoms with Crippen molar-refractivity contribution >= 4 is 23.2 Å². The van der Waals surface area contributed by atoms with Crippen LogP contribution in [-0.2, 0) is 16.0 Å². The number of carbonyl (C=O) groups excluding carboxylic acids is 2. The molecule has 6 nitrogen and oxygen atoms in total. The minimum Gasteiger partial charge on any atom is -0.383 e. The van der Waals surface area contributed by atoms with Gasteiger partial charge in [-0.2, -0.15) is 0 Å². The zero-order valence-electron chi connectivity index (χ0n) is 20.1. The van der Waals surface area contributed by atoms with Gasteiger partial charge >= 0.3 is 0 Å². The highest BCUT2D eigenvalue weighted by Crippen LogP contribution is 2.30. The van der Waals surface area contributed by atoms with Gasteiger partial charge in [-0.15, -0.1) is 0 Å². The van der Waals surface area contributed by atoms with Crippen molar-refractivity contribution < 1.29 is 14.3 Å². The van der Waals surface area contributed by atoms with Crippen LogP contribution in [0.2, 0.25) is 0 Å². The third-order valence-electron chi connectivity index (χ3n) is 6.03. The fraction of sp³-hybridized carbons (Fsp3) is 0.481. The molecule has 33 heavy (non-hydrogen) atoms. The van der Waals surface area contributed by atoms with Crippen LogP contribution in [0.5, 0.6) is 0 Å². The molecule has 0 spiro atoms. The molecule has 0 unspecified atom stereocenters. The third-order valence-corrected chi connectivity index (χ3v) is 6.03. The maximum Gasteiger partial charge on any atom is 0.253 e. The molecule has 0 radical (unpaired) electrons. The lowest BCUT2D eigenvalue weighted by Gasteiger charge is -2.35. The van der Waals surface area contributed by atoms with Crippen molar-refractivity contribution in [3.8, 4) is 0 Å². The molecule has 1 aliphatic rings. The van der Waals surface area contributed by atoms with E-state index in [0.29, 0.717) is 36.7 Å². The molecule has 1 heterocycles. The molecule has 2 aromatic rings. The molecule has 1 fully saturated rings. The Kier molecular flexibility index (Phi) is 9.31. The van der Waals surface area contributed by atoms with E-state index >= 15 is 0 Å². The fourth-order valence-electron chi connectivity index (χ4n) is 4.34. The highest BCUT2D eigenvalue weighted by molar-refractivity contribution is 6.02. The zero-order chi connectivity index (χ0) is 23.6. The van der Waals surface area contributed by atoms with E-state index < -0.39 is 0 Å². The lowest BCUT2D eigenvalue weighted by molar-refractivity contribution is -0.116. The molecule has 6 heteroatoms. The monoisotopic (exact) mass is 451 g/mol. The third kappa shape index (κ3) is 7.60. The summed E-state index contributed by atoms with van der Waals surface area (Å²) in [6.07, 6.45) is 3.73. The van der Waals surface area contributed by atoms with Crippen LogP contribution in [0.1, 0.15) is 49.0 Å². The molecule has 1 saturated heterocycles. The van der Waals surface area contributed by atoms with Crippen molar-refractivity contribution in [2.24, 2.45) is 11.8 Å². The fourth-order valence-corrected chi connectivity index (χ4v) is 4.34. The van der Waals surface area contributed by atoms with Crippen molar-refractivity contribution in [1.29, 1.82) is 0 Å². The predicted octanol–water partition coefficient (Wildman–Crippen LogP) is 4.51. The number of benzene rings is 2. The van der Waals surface area contributed by atoms with Gasteiger partial charge in [0, 0.05) is 44.5 Å². The van der Waals surface area contributed by atoms with E-state index in [0.717, 1.165) is 38.0 Å². The van der Waals surface area contributed by atoms with Gasteiger partial charge in [-0.05, 0) is 54.9 Å². The first-order chi connectivity index (χ1) is 16.0. The Morgan fingerprint density at radius 1 is 1.09 bits per heavy atom. The lowest BCUT2D eigenvalue weighted by Crippen LogP contribution is -2.36. The second kappa shape index (κ2) is 12.4. The number of piperidine rings is 1. The summed E-state index contributed by atoms with van der Waals surface area (Å²) in [5.41, 5.74) is 3.55. The van der Waals surface area contributed by atoms with Crippen LogP contribution in [0, 0.1) is 11.8 Å². The van der Waals surface area contributed by atoms with Gasteiger partial charge in [0.05, 0.1) is 12.2 Å². The predicted molar refractivity (Wildman–Crippen MR) is 134 cm³/mol. The molecular formula is C27H37N3O3. The van der Waals surface area contributed by atoms with Crippen LogP contribution < -0.4 is 15.5 Å². The van der Waals surface area contributed by atoms with Crippen LogP contribution in [0.15, 0.2) is 48.5 Å². The Morgan fingerprint density at radius 3 is 2.48 bits per heavy atom.